The third-order valence-electron chi connectivity index (χ3n) is 3.01. The Labute approximate surface area is 155 Å². The molecule has 0 fully saturated rings. The summed E-state index contributed by atoms with van der Waals surface area (Å²) in [6, 6.07) is 9.29. The molecular weight excluding hydrogens is 369 g/mol. The van der Waals surface area contributed by atoms with Gasteiger partial charge in [-0.05, 0) is 24.6 Å². The number of ether oxygens (including phenoxy) is 1. The lowest BCUT2D eigenvalue weighted by molar-refractivity contribution is -0.139. The molecule has 1 aromatic carbocycles. The van der Waals surface area contributed by atoms with Crippen molar-refractivity contribution in [1.29, 1.82) is 0 Å². The fourth-order valence-electron chi connectivity index (χ4n) is 1.92. The Kier molecular flexibility index (Phi) is 7.15. The molecule has 2 rings (SSSR count). The van der Waals surface area contributed by atoms with Gasteiger partial charge in [0.15, 0.2) is 5.16 Å². The van der Waals surface area contributed by atoms with Gasteiger partial charge in [-0.1, -0.05) is 47.1 Å². The molecule has 0 spiro atoms. The van der Waals surface area contributed by atoms with Gasteiger partial charge in [0.2, 0.25) is 0 Å². The second-order valence-corrected chi connectivity index (χ2v) is 6.67. The van der Waals surface area contributed by atoms with Crippen LogP contribution in [-0.2, 0) is 16.1 Å². The molecule has 128 valence electrons. The Balaban J connectivity index is 2.06. The Bertz CT molecular complexity index is 698. The molecule has 5 nitrogen and oxygen atoms in total. The average Bonchev–Trinajstić information content (AvgIpc) is 2.55. The first-order chi connectivity index (χ1) is 11.5. The highest BCUT2D eigenvalue weighted by atomic mass is 35.5. The SMILES string of the molecule is CCOC(=O)CSc1nc(Cl)cc(N(C)Cc2ccc(Cl)cc2)n1. The second-order valence-electron chi connectivity index (χ2n) is 4.91. The van der Waals surface area contributed by atoms with E-state index in [9.17, 15) is 4.79 Å². The van der Waals surface area contributed by atoms with Gasteiger partial charge in [0.25, 0.3) is 0 Å². The number of hydrogen-bond acceptors (Lipinski definition) is 6. The van der Waals surface area contributed by atoms with Gasteiger partial charge < -0.3 is 9.64 Å². The molecule has 0 bridgehead atoms. The molecule has 0 unspecified atom stereocenters. The van der Waals surface area contributed by atoms with Crippen molar-refractivity contribution in [2.75, 3.05) is 24.3 Å². The number of rotatable bonds is 7. The number of anilines is 1. The third kappa shape index (κ3) is 5.85. The van der Waals surface area contributed by atoms with Crippen LogP contribution in [0.5, 0.6) is 0 Å². The predicted octanol–water partition coefficient (Wildman–Crippen LogP) is 4.08. The lowest BCUT2D eigenvalue weighted by Crippen LogP contribution is -2.18. The Morgan fingerprint density at radius 3 is 2.62 bits per heavy atom. The maximum Gasteiger partial charge on any atom is 0.316 e. The number of hydrogen-bond donors (Lipinski definition) is 0. The molecule has 8 heteroatoms. The number of carbonyl (C=O) groups is 1. The van der Waals surface area contributed by atoms with Crippen molar-refractivity contribution < 1.29 is 9.53 Å². The number of benzene rings is 1. The van der Waals surface area contributed by atoms with Crippen LogP contribution in [0.2, 0.25) is 10.2 Å². The highest BCUT2D eigenvalue weighted by molar-refractivity contribution is 7.99. The van der Waals surface area contributed by atoms with Crippen molar-refractivity contribution in [3.8, 4) is 0 Å². The van der Waals surface area contributed by atoms with E-state index in [1.54, 1.807) is 13.0 Å². The number of aromatic nitrogens is 2. The molecule has 0 aliphatic carbocycles. The standard InChI is InChI=1S/C16H17Cl2N3O2S/c1-3-23-15(22)10-24-16-19-13(18)8-14(20-16)21(2)9-11-4-6-12(17)7-5-11/h4-8H,3,9-10H2,1-2H3. The molecule has 0 saturated heterocycles. The Hall–Kier alpha value is -1.50. The number of carbonyl (C=O) groups excluding carboxylic acids is 1. The van der Waals surface area contributed by atoms with E-state index in [1.807, 2.05) is 36.2 Å². The lowest BCUT2D eigenvalue weighted by Gasteiger charge is -2.19. The minimum atomic E-state index is -0.304. The van der Waals surface area contributed by atoms with Crippen LogP contribution in [0.25, 0.3) is 0 Å². The van der Waals surface area contributed by atoms with Gasteiger partial charge in [0.1, 0.15) is 11.0 Å². The summed E-state index contributed by atoms with van der Waals surface area (Å²) in [5, 5.41) is 1.46. The molecule has 0 saturated carbocycles. The van der Waals surface area contributed by atoms with E-state index in [2.05, 4.69) is 9.97 Å². The van der Waals surface area contributed by atoms with Gasteiger partial charge in [-0.2, -0.15) is 0 Å². The van der Waals surface area contributed by atoms with Gasteiger partial charge in [-0.25, -0.2) is 9.97 Å². The van der Waals surface area contributed by atoms with Gasteiger partial charge in [-0.15, -0.1) is 0 Å². The number of thioether (sulfide) groups is 1. The average molecular weight is 386 g/mol. The van der Waals surface area contributed by atoms with Crippen molar-refractivity contribution in [3.05, 3.63) is 46.1 Å². The quantitative estimate of drug-likeness (QED) is 0.309. The van der Waals surface area contributed by atoms with Crippen LogP contribution in [0.15, 0.2) is 35.5 Å². The summed E-state index contributed by atoms with van der Waals surface area (Å²) in [6.45, 7) is 2.76. The molecule has 0 radical (unpaired) electrons. The van der Waals surface area contributed by atoms with Crippen molar-refractivity contribution in [2.45, 2.75) is 18.6 Å². The minimum absolute atomic E-state index is 0.147. The largest absolute Gasteiger partial charge is 0.465 e. The molecule has 24 heavy (non-hydrogen) atoms. The van der Waals surface area contributed by atoms with Gasteiger partial charge in [-0.3, -0.25) is 4.79 Å². The summed E-state index contributed by atoms with van der Waals surface area (Å²) in [7, 11) is 1.91. The fraction of sp³-hybridized carbons (Fsp3) is 0.312. The first-order valence-corrected chi connectivity index (χ1v) is 9.00. The molecule has 0 aliphatic heterocycles. The molecule has 1 heterocycles. The predicted molar refractivity (Wildman–Crippen MR) is 98.0 cm³/mol. The van der Waals surface area contributed by atoms with Crippen molar-refractivity contribution in [3.63, 3.8) is 0 Å². The van der Waals surface area contributed by atoms with E-state index in [0.29, 0.717) is 34.3 Å². The van der Waals surface area contributed by atoms with E-state index in [1.165, 1.54) is 11.8 Å². The van der Waals surface area contributed by atoms with Crippen LogP contribution in [0.1, 0.15) is 12.5 Å². The molecule has 2 aromatic rings. The van der Waals surface area contributed by atoms with Crippen LogP contribution in [0.4, 0.5) is 5.82 Å². The maximum atomic E-state index is 11.4. The smallest absolute Gasteiger partial charge is 0.316 e. The first kappa shape index (κ1) is 18.8. The molecule has 0 amide bonds. The Morgan fingerprint density at radius 1 is 1.25 bits per heavy atom. The molecule has 0 atom stereocenters. The highest BCUT2D eigenvalue weighted by Gasteiger charge is 2.11. The lowest BCUT2D eigenvalue weighted by atomic mass is 10.2. The van der Waals surface area contributed by atoms with Gasteiger partial charge >= 0.3 is 5.97 Å². The van der Waals surface area contributed by atoms with Crippen LogP contribution >= 0.6 is 35.0 Å². The first-order valence-electron chi connectivity index (χ1n) is 7.26. The van der Waals surface area contributed by atoms with E-state index in [0.717, 1.165) is 5.56 Å². The van der Waals surface area contributed by atoms with E-state index >= 15 is 0 Å². The second kappa shape index (κ2) is 9.11. The number of esters is 1. The topological polar surface area (TPSA) is 55.3 Å². The number of halogens is 2. The van der Waals surface area contributed by atoms with Crippen molar-refractivity contribution in [1.82, 2.24) is 9.97 Å². The normalized spacial score (nSPS) is 10.5. The summed E-state index contributed by atoms with van der Waals surface area (Å²) in [6.07, 6.45) is 0. The fourth-order valence-corrected chi connectivity index (χ4v) is 2.92. The zero-order valence-corrected chi connectivity index (χ0v) is 15.7. The van der Waals surface area contributed by atoms with Crippen LogP contribution < -0.4 is 4.90 Å². The summed E-state index contributed by atoms with van der Waals surface area (Å²) in [5.41, 5.74) is 1.09. The molecule has 0 aliphatic rings. The van der Waals surface area contributed by atoms with Crippen molar-refractivity contribution >= 4 is 46.8 Å². The molecular formula is C16H17Cl2N3O2S. The number of nitrogens with zero attached hydrogens (tertiary/aromatic N) is 3. The van der Waals surface area contributed by atoms with E-state index < -0.39 is 0 Å². The molecule has 0 N–H and O–H groups in total. The van der Waals surface area contributed by atoms with E-state index in [4.69, 9.17) is 27.9 Å². The van der Waals surface area contributed by atoms with E-state index in [-0.39, 0.29) is 11.7 Å². The maximum absolute atomic E-state index is 11.4. The zero-order valence-electron chi connectivity index (χ0n) is 13.3. The van der Waals surface area contributed by atoms with Crippen molar-refractivity contribution in [2.24, 2.45) is 0 Å². The minimum Gasteiger partial charge on any atom is -0.465 e. The van der Waals surface area contributed by atoms with Gasteiger partial charge in [0.05, 0.1) is 12.4 Å². The summed E-state index contributed by atoms with van der Waals surface area (Å²) >= 11 is 13.2. The van der Waals surface area contributed by atoms with Crippen LogP contribution in [0, 0.1) is 0 Å². The van der Waals surface area contributed by atoms with Gasteiger partial charge in [0, 0.05) is 24.7 Å². The zero-order chi connectivity index (χ0) is 17.5. The van der Waals surface area contributed by atoms with Crippen LogP contribution in [-0.4, -0.2) is 35.3 Å². The highest BCUT2D eigenvalue weighted by Crippen LogP contribution is 2.22. The third-order valence-corrected chi connectivity index (χ3v) is 4.28. The summed E-state index contributed by atoms with van der Waals surface area (Å²) in [5.74, 6) is 0.521. The summed E-state index contributed by atoms with van der Waals surface area (Å²) < 4.78 is 4.89. The molecule has 1 aromatic heterocycles. The van der Waals surface area contributed by atoms with Crippen LogP contribution in [0.3, 0.4) is 0 Å². The monoisotopic (exact) mass is 385 g/mol. The summed E-state index contributed by atoms with van der Waals surface area (Å²) in [4.78, 5) is 22.0. The Morgan fingerprint density at radius 2 is 1.96 bits per heavy atom.